The lowest BCUT2D eigenvalue weighted by molar-refractivity contribution is -0.137. The Kier molecular flexibility index (Phi) is 7.98. The molecule has 200 valence electrons. The van der Waals surface area contributed by atoms with Crippen molar-refractivity contribution >= 4 is 34.0 Å². The van der Waals surface area contributed by atoms with E-state index in [1.54, 1.807) is 42.5 Å². The standard InChI is InChI=1S/C32H26FN3O3S/c1-35(20-30(37)38)31(39)26-13-11-22(12-14-26)19-36(29-10-6-5-9-27(29)33)32-34-28(21-40-32)25-17-15-24(16-18-25)23-7-3-2-4-8-23/h2-18,21H,19-20H2,1H3,(H,37,38). The predicted octanol–water partition coefficient (Wildman–Crippen LogP) is 7.11. The summed E-state index contributed by atoms with van der Waals surface area (Å²) in [7, 11) is 1.44. The fourth-order valence-electron chi connectivity index (χ4n) is 4.34. The smallest absolute Gasteiger partial charge is 0.323 e. The molecule has 0 spiro atoms. The molecule has 0 aliphatic carbocycles. The van der Waals surface area contributed by atoms with Gasteiger partial charge in [-0.3, -0.25) is 9.59 Å². The minimum atomic E-state index is -1.08. The Balaban J connectivity index is 1.40. The Morgan fingerprint density at radius 2 is 1.45 bits per heavy atom. The SMILES string of the molecule is CN(CC(=O)O)C(=O)c1ccc(CN(c2nc(-c3ccc(-c4ccccc4)cc3)cs2)c2ccccc2F)cc1. The number of halogens is 1. The Bertz CT molecular complexity index is 1620. The normalized spacial score (nSPS) is 10.8. The topological polar surface area (TPSA) is 73.7 Å². The first-order valence-corrected chi connectivity index (χ1v) is 13.5. The van der Waals surface area contributed by atoms with E-state index in [-0.39, 0.29) is 18.3 Å². The molecule has 0 saturated carbocycles. The summed E-state index contributed by atoms with van der Waals surface area (Å²) >= 11 is 1.43. The number of amides is 1. The zero-order valence-electron chi connectivity index (χ0n) is 21.7. The van der Waals surface area contributed by atoms with Crippen molar-refractivity contribution in [1.29, 1.82) is 0 Å². The number of rotatable bonds is 9. The first kappa shape index (κ1) is 26.8. The highest BCUT2D eigenvalue weighted by Gasteiger charge is 2.19. The van der Waals surface area contributed by atoms with Crippen molar-refractivity contribution in [3.05, 3.63) is 125 Å². The molecule has 1 N–H and O–H groups in total. The Hall–Kier alpha value is -4.82. The number of para-hydroxylation sites is 1. The third-order valence-electron chi connectivity index (χ3n) is 6.41. The molecule has 6 nitrogen and oxygen atoms in total. The molecule has 1 amide bonds. The van der Waals surface area contributed by atoms with Gasteiger partial charge in [0.25, 0.3) is 5.91 Å². The lowest BCUT2D eigenvalue weighted by atomic mass is 10.0. The summed E-state index contributed by atoms with van der Waals surface area (Å²) < 4.78 is 15.0. The van der Waals surface area contributed by atoms with Crippen LogP contribution in [-0.2, 0) is 11.3 Å². The summed E-state index contributed by atoms with van der Waals surface area (Å²) in [5.41, 5.74) is 5.62. The van der Waals surface area contributed by atoms with Crippen LogP contribution in [0, 0.1) is 5.82 Å². The van der Waals surface area contributed by atoms with E-state index in [1.807, 2.05) is 40.6 Å². The molecule has 0 radical (unpaired) electrons. The molecule has 0 aliphatic heterocycles. The van der Waals surface area contributed by atoms with Gasteiger partial charge < -0.3 is 14.9 Å². The number of hydrogen-bond donors (Lipinski definition) is 1. The molecule has 0 unspecified atom stereocenters. The van der Waals surface area contributed by atoms with Crippen LogP contribution in [0.5, 0.6) is 0 Å². The summed E-state index contributed by atoms with van der Waals surface area (Å²) in [5.74, 6) is -1.83. The van der Waals surface area contributed by atoms with Gasteiger partial charge in [-0.2, -0.15) is 0 Å². The van der Waals surface area contributed by atoms with Crippen LogP contribution in [0.15, 0.2) is 109 Å². The van der Waals surface area contributed by atoms with Crippen molar-refractivity contribution in [3.63, 3.8) is 0 Å². The highest BCUT2D eigenvalue weighted by atomic mass is 32.1. The average molecular weight is 552 g/mol. The van der Waals surface area contributed by atoms with Gasteiger partial charge in [0.1, 0.15) is 12.4 Å². The summed E-state index contributed by atoms with van der Waals surface area (Å²) in [5, 5.41) is 11.6. The summed E-state index contributed by atoms with van der Waals surface area (Å²) in [6.07, 6.45) is 0. The Labute approximate surface area is 235 Å². The van der Waals surface area contributed by atoms with E-state index in [0.29, 0.717) is 22.9 Å². The first-order valence-electron chi connectivity index (χ1n) is 12.6. The number of carboxylic acid groups (broad SMARTS) is 1. The average Bonchev–Trinajstić information content (AvgIpc) is 3.47. The van der Waals surface area contributed by atoms with Gasteiger partial charge in [-0.25, -0.2) is 9.37 Å². The first-order chi connectivity index (χ1) is 19.4. The van der Waals surface area contributed by atoms with Gasteiger partial charge in [-0.15, -0.1) is 11.3 Å². The minimum Gasteiger partial charge on any atom is -0.480 e. The number of carbonyl (C=O) groups is 2. The van der Waals surface area contributed by atoms with Gasteiger partial charge in [-0.1, -0.05) is 78.9 Å². The highest BCUT2D eigenvalue weighted by Crippen LogP contribution is 2.35. The number of likely N-dealkylation sites (N-methyl/N-ethyl adjacent to an activating group) is 1. The van der Waals surface area contributed by atoms with Crippen LogP contribution in [0.3, 0.4) is 0 Å². The number of benzene rings is 4. The van der Waals surface area contributed by atoms with Crippen molar-refractivity contribution in [2.24, 2.45) is 0 Å². The van der Waals surface area contributed by atoms with Crippen LogP contribution < -0.4 is 4.90 Å². The van der Waals surface area contributed by atoms with Crippen molar-refractivity contribution in [2.75, 3.05) is 18.5 Å². The molecule has 0 bridgehead atoms. The van der Waals surface area contributed by atoms with Crippen molar-refractivity contribution in [3.8, 4) is 22.4 Å². The number of aromatic nitrogens is 1. The second kappa shape index (κ2) is 11.9. The Morgan fingerprint density at radius 1 is 0.825 bits per heavy atom. The van der Waals surface area contributed by atoms with Crippen LogP contribution in [-0.4, -0.2) is 40.5 Å². The van der Waals surface area contributed by atoms with E-state index in [0.717, 1.165) is 32.8 Å². The molecule has 8 heteroatoms. The van der Waals surface area contributed by atoms with Crippen molar-refractivity contribution in [2.45, 2.75) is 6.54 Å². The predicted molar refractivity (Wildman–Crippen MR) is 156 cm³/mol. The highest BCUT2D eigenvalue weighted by molar-refractivity contribution is 7.14. The zero-order chi connectivity index (χ0) is 28.1. The lowest BCUT2D eigenvalue weighted by Gasteiger charge is -2.23. The number of thiazole rings is 1. The van der Waals surface area contributed by atoms with Gasteiger partial charge in [0, 0.05) is 23.6 Å². The number of anilines is 2. The third kappa shape index (κ3) is 6.08. The minimum absolute atomic E-state index is 0.320. The molecule has 5 aromatic rings. The number of nitrogens with zero attached hydrogens (tertiary/aromatic N) is 3. The van der Waals surface area contributed by atoms with Gasteiger partial charge in [0.2, 0.25) is 0 Å². The van der Waals surface area contributed by atoms with E-state index < -0.39 is 5.97 Å². The van der Waals surface area contributed by atoms with Crippen molar-refractivity contribution < 1.29 is 19.1 Å². The maximum atomic E-state index is 15.0. The summed E-state index contributed by atoms with van der Waals surface area (Å²) in [6, 6.07) is 31.8. The van der Waals surface area contributed by atoms with Gasteiger partial charge >= 0.3 is 5.97 Å². The molecular formula is C32H26FN3O3S. The van der Waals surface area contributed by atoms with Crippen LogP contribution in [0.4, 0.5) is 15.2 Å². The van der Waals surface area contributed by atoms with E-state index in [1.165, 1.54) is 24.5 Å². The van der Waals surface area contributed by atoms with E-state index in [4.69, 9.17) is 10.1 Å². The maximum absolute atomic E-state index is 15.0. The molecular weight excluding hydrogens is 525 g/mol. The zero-order valence-corrected chi connectivity index (χ0v) is 22.5. The molecule has 0 aliphatic rings. The fourth-order valence-corrected chi connectivity index (χ4v) is 5.19. The quantitative estimate of drug-likeness (QED) is 0.211. The molecule has 40 heavy (non-hydrogen) atoms. The summed E-state index contributed by atoms with van der Waals surface area (Å²) in [4.78, 5) is 31.3. The second-order valence-electron chi connectivity index (χ2n) is 9.25. The van der Waals surface area contributed by atoms with Crippen LogP contribution >= 0.6 is 11.3 Å². The second-order valence-corrected chi connectivity index (χ2v) is 10.1. The molecule has 4 aromatic carbocycles. The molecule has 0 fully saturated rings. The molecule has 0 atom stereocenters. The molecule has 0 saturated heterocycles. The lowest BCUT2D eigenvalue weighted by Crippen LogP contribution is -2.31. The number of carboxylic acids is 1. The number of carbonyl (C=O) groups excluding carboxylic acids is 1. The van der Waals surface area contributed by atoms with Crippen LogP contribution in [0.2, 0.25) is 0 Å². The van der Waals surface area contributed by atoms with E-state index in [9.17, 15) is 14.0 Å². The number of hydrogen-bond acceptors (Lipinski definition) is 5. The summed E-state index contributed by atoms with van der Waals surface area (Å²) in [6.45, 7) is -0.0662. The molecule has 1 heterocycles. The van der Waals surface area contributed by atoms with Gasteiger partial charge in [0.15, 0.2) is 5.13 Å². The molecule has 5 rings (SSSR count). The fraction of sp³-hybridized carbons (Fsp3) is 0.0938. The molecule has 1 aromatic heterocycles. The van der Waals surface area contributed by atoms with Crippen molar-refractivity contribution in [1.82, 2.24) is 9.88 Å². The van der Waals surface area contributed by atoms with Gasteiger partial charge in [-0.05, 0) is 41.0 Å². The third-order valence-corrected chi connectivity index (χ3v) is 7.28. The monoisotopic (exact) mass is 551 g/mol. The van der Waals surface area contributed by atoms with E-state index in [2.05, 4.69) is 24.3 Å². The van der Waals surface area contributed by atoms with Crippen LogP contribution in [0.25, 0.3) is 22.4 Å². The number of aliphatic carboxylic acids is 1. The van der Waals surface area contributed by atoms with Crippen LogP contribution in [0.1, 0.15) is 15.9 Å². The largest absolute Gasteiger partial charge is 0.480 e. The Morgan fingerprint density at radius 3 is 2.12 bits per heavy atom. The maximum Gasteiger partial charge on any atom is 0.323 e. The van der Waals surface area contributed by atoms with E-state index >= 15 is 0 Å². The van der Waals surface area contributed by atoms with Gasteiger partial charge in [0.05, 0.1) is 17.9 Å².